The molecule has 7 nitrogen and oxygen atoms in total. The van der Waals surface area contributed by atoms with Gasteiger partial charge in [-0.1, -0.05) is 29.8 Å². The van der Waals surface area contributed by atoms with Crippen LogP contribution in [0.3, 0.4) is 0 Å². The summed E-state index contributed by atoms with van der Waals surface area (Å²) in [5.41, 5.74) is 7.08. The maximum atomic E-state index is 13.3. The van der Waals surface area contributed by atoms with Crippen LogP contribution in [0.25, 0.3) is 0 Å². The first-order valence-corrected chi connectivity index (χ1v) is 8.36. The van der Waals surface area contributed by atoms with Gasteiger partial charge in [0.15, 0.2) is 24.1 Å². The fraction of sp³-hybridized carbons (Fsp3) is 0.111. The number of aryl methyl sites for hydroxylation is 1. The molecule has 1 heterocycles. The molecule has 0 unspecified atom stereocenters. The number of aromatic nitrogens is 3. The van der Waals surface area contributed by atoms with Crippen LogP contribution in [0.5, 0.6) is 0 Å². The maximum Gasteiger partial charge on any atom is 0.340 e. The van der Waals surface area contributed by atoms with Gasteiger partial charge in [0.2, 0.25) is 11.9 Å². The van der Waals surface area contributed by atoms with Gasteiger partial charge in [-0.25, -0.2) is 13.6 Å². The van der Waals surface area contributed by atoms with Crippen LogP contribution in [0, 0.1) is 18.6 Å². The standard InChI is InChI=1S/C18H14ClF2N5O2/c1-9-4-2-3-5-14(9)23-18-25-15(24-17(22)26-18)8-28-16(27)10-6-12(20)13(21)7-11(10)19/h2-7H,8H2,1H3,(H3,22,23,24,25,26). The number of nitrogen functional groups attached to an aromatic ring is 1. The number of nitrogens with one attached hydrogen (secondary N) is 1. The van der Waals surface area contributed by atoms with Crippen molar-refractivity contribution >= 4 is 35.2 Å². The fourth-order valence-corrected chi connectivity index (χ4v) is 2.51. The lowest BCUT2D eigenvalue weighted by Gasteiger charge is -2.10. The van der Waals surface area contributed by atoms with E-state index in [1.807, 2.05) is 31.2 Å². The van der Waals surface area contributed by atoms with Crippen molar-refractivity contribution in [3.63, 3.8) is 0 Å². The molecule has 0 aliphatic heterocycles. The molecule has 3 rings (SSSR count). The molecular formula is C18H14ClF2N5O2. The Labute approximate surface area is 163 Å². The Morgan fingerprint density at radius 2 is 1.89 bits per heavy atom. The molecule has 10 heteroatoms. The first-order chi connectivity index (χ1) is 13.3. The van der Waals surface area contributed by atoms with Crippen LogP contribution in [-0.4, -0.2) is 20.9 Å². The highest BCUT2D eigenvalue weighted by Crippen LogP contribution is 2.22. The van der Waals surface area contributed by atoms with Crippen LogP contribution in [0.4, 0.5) is 26.4 Å². The van der Waals surface area contributed by atoms with Gasteiger partial charge in [0, 0.05) is 5.69 Å². The Morgan fingerprint density at radius 3 is 2.64 bits per heavy atom. The zero-order chi connectivity index (χ0) is 20.3. The number of hydrogen-bond acceptors (Lipinski definition) is 7. The third-order valence-corrected chi connectivity index (χ3v) is 3.97. The predicted molar refractivity (Wildman–Crippen MR) is 99.2 cm³/mol. The lowest BCUT2D eigenvalue weighted by Crippen LogP contribution is -2.12. The maximum absolute atomic E-state index is 13.3. The van der Waals surface area contributed by atoms with E-state index in [4.69, 9.17) is 22.1 Å². The largest absolute Gasteiger partial charge is 0.454 e. The number of rotatable bonds is 5. The van der Waals surface area contributed by atoms with Gasteiger partial charge < -0.3 is 15.8 Å². The van der Waals surface area contributed by atoms with E-state index in [9.17, 15) is 13.6 Å². The molecule has 0 saturated heterocycles. The summed E-state index contributed by atoms with van der Waals surface area (Å²) in [4.78, 5) is 24.1. The number of anilines is 3. The fourth-order valence-electron chi connectivity index (χ4n) is 2.28. The van der Waals surface area contributed by atoms with E-state index >= 15 is 0 Å². The summed E-state index contributed by atoms with van der Waals surface area (Å²) >= 11 is 5.75. The zero-order valence-electron chi connectivity index (χ0n) is 14.5. The summed E-state index contributed by atoms with van der Waals surface area (Å²) in [6.45, 7) is 1.53. The molecule has 3 aromatic rings. The van der Waals surface area contributed by atoms with Crippen molar-refractivity contribution in [3.8, 4) is 0 Å². The molecule has 0 fully saturated rings. The molecule has 0 aliphatic carbocycles. The highest BCUT2D eigenvalue weighted by molar-refractivity contribution is 6.33. The number of halogens is 3. The minimum absolute atomic E-state index is 0.0654. The molecule has 144 valence electrons. The molecule has 3 N–H and O–H groups in total. The number of nitrogens with two attached hydrogens (primary N) is 1. The topological polar surface area (TPSA) is 103 Å². The molecule has 28 heavy (non-hydrogen) atoms. The lowest BCUT2D eigenvalue weighted by atomic mass is 10.2. The van der Waals surface area contributed by atoms with Crippen molar-refractivity contribution in [1.29, 1.82) is 0 Å². The quantitative estimate of drug-likeness (QED) is 0.491. The molecular weight excluding hydrogens is 392 g/mol. The third kappa shape index (κ3) is 4.49. The Morgan fingerprint density at radius 1 is 1.18 bits per heavy atom. The van der Waals surface area contributed by atoms with Crippen molar-refractivity contribution in [3.05, 3.63) is 70.0 Å². The van der Waals surface area contributed by atoms with E-state index in [1.54, 1.807) is 0 Å². The first-order valence-electron chi connectivity index (χ1n) is 7.98. The average Bonchev–Trinajstić information content (AvgIpc) is 2.64. The van der Waals surface area contributed by atoms with Crippen LogP contribution in [0.2, 0.25) is 5.02 Å². The minimum atomic E-state index is -1.22. The van der Waals surface area contributed by atoms with Crippen molar-refractivity contribution in [2.24, 2.45) is 0 Å². The van der Waals surface area contributed by atoms with E-state index < -0.39 is 17.6 Å². The molecule has 0 saturated carbocycles. The number of nitrogens with zero attached hydrogens (tertiary/aromatic N) is 3. The van der Waals surface area contributed by atoms with Gasteiger partial charge in [-0.15, -0.1) is 0 Å². The summed E-state index contributed by atoms with van der Waals surface area (Å²) in [6.07, 6.45) is 0. The molecule has 0 atom stereocenters. The van der Waals surface area contributed by atoms with Crippen molar-refractivity contribution in [2.45, 2.75) is 13.5 Å². The molecule has 0 spiro atoms. The van der Waals surface area contributed by atoms with Gasteiger partial charge >= 0.3 is 5.97 Å². The molecule has 0 aliphatic rings. The lowest BCUT2D eigenvalue weighted by molar-refractivity contribution is 0.0461. The van der Waals surface area contributed by atoms with Crippen LogP contribution >= 0.6 is 11.6 Å². The van der Waals surface area contributed by atoms with Crippen LogP contribution in [0.15, 0.2) is 36.4 Å². The van der Waals surface area contributed by atoms with E-state index in [0.717, 1.165) is 11.3 Å². The van der Waals surface area contributed by atoms with Crippen molar-refractivity contribution in [2.75, 3.05) is 11.1 Å². The average molecular weight is 406 g/mol. The Kier molecular flexibility index (Phi) is 5.65. The van der Waals surface area contributed by atoms with Gasteiger partial charge in [-0.2, -0.15) is 15.0 Å². The monoisotopic (exact) mass is 405 g/mol. The van der Waals surface area contributed by atoms with E-state index in [-0.39, 0.29) is 34.9 Å². The number of para-hydroxylation sites is 1. The normalized spacial score (nSPS) is 10.6. The Hall–Kier alpha value is -3.33. The van der Waals surface area contributed by atoms with Gasteiger partial charge in [-0.05, 0) is 30.7 Å². The van der Waals surface area contributed by atoms with Crippen LogP contribution in [0.1, 0.15) is 21.7 Å². The summed E-state index contributed by atoms with van der Waals surface area (Å²) in [7, 11) is 0. The van der Waals surface area contributed by atoms with E-state index in [2.05, 4.69) is 20.3 Å². The highest BCUT2D eigenvalue weighted by Gasteiger charge is 2.17. The first kappa shape index (κ1) is 19.4. The molecule has 0 radical (unpaired) electrons. The van der Waals surface area contributed by atoms with Crippen molar-refractivity contribution in [1.82, 2.24) is 15.0 Å². The number of hydrogen-bond donors (Lipinski definition) is 2. The number of carbonyl (C=O) groups excluding carboxylic acids is 1. The number of esters is 1. The summed E-state index contributed by atoms with van der Waals surface area (Å²) in [5, 5.41) is 2.72. The molecule has 0 amide bonds. The summed E-state index contributed by atoms with van der Waals surface area (Å²) < 4.78 is 31.5. The molecule has 0 bridgehead atoms. The van der Waals surface area contributed by atoms with Crippen molar-refractivity contribution < 1.29 is 18.3 Å². The number of benzene rings is 2. The van der Waals surface area contributed by atoms with Crippen LogP contribution < -0.4 is 11.1 Å². The highest BCUT2D eigenvalue weighted by atomic mass is 35.5. The van der Waals surface area contributed by atoms with Gasteiger partial charge in [0.1, 0.15) is 0 Å². The number of carbonyl (C=O) groups is 1. The smallest absolute Gasteiger partial charge is 0.340 e. The second-order valence-corrected chi connectivity index (χ2v) is 6.10. The second kappa shape index (κ2) is 8.13. The second-order valence-electron chi connectivity index (χ2n) is 5.70. The van der Waals surface area contributed by atoms with Crippen LogP contribution in [-0.2, 0) is 11.3 Å². The summed E-state index contributed by atoms with van der Waals surface area (Å²) in [5.74, 6) is -3.20. The predicted octanol–water partition coefficient (Wildman–Crippen LogP) is 3.79. The number of ether oxygens (including phenoxy) is 1. The van der Waals surface area contributed by atoms with Gasteiger partial charge in [-0.3, -0.25) is 0 Å². The minimum Gasteiger partial charge on any atom is -0.454 e. The zero-order valence-corrected chi connectivity index (χ0v) is 15.3. The van der Waals surface area contributed by atoms with E-state index in [0.29, 0.717) is 12.1 Å². The molecule has 2 aromatic carbocycles. The SMILES string of the molecule is Cc1ccccc1Nc1nc(N)nc(COC(=O)c2cc(F)c(F)cc2Cl)n1. The van der Waals surface area contributed by atoms with Gasteiger partial charge in [0.05, 0.1) is 10.6 Å². The molecule has 1 aromatic heterocycles. The summed E-state index contributed by atoms with van der Waals surface area (Å²) in [6, 6.07) is 8.82. The Balaban J connectivity index is 1.74. The Bertz CT molecular complexity index is 1050. The third-order valence-electron chi connectivity index (χ3n) is 3.65. The van der Waals surface area contributed by atoms with E-state index in [1.165, 1.54) is 0 Å². The van der Waals surface area contributed by atoms with Gasteiger partial charge in [0.25, 0.3) is 0 Å².